The lowest BCUT2D eigenvalue weighted by molar-refractivity contribution is -0.149. The highest BCUT2D eigenvalue weighted by molar-refractivity contribution is 9.09. The summed E-state index contributed by atoms with van der Waals surface area (Å²) in [4.78, 5) is 24.3. The number of carbonyl (C=O) groups excluding carboxylic acids is 2. The number of Topliss-reactive ketones (excluding diaryl/α,β-unsaturated/α-hetero) is 1. The molecule has 0 unspecified atom stereocenters. The summed E-state index contributed by atoms with van der Waals surface area (Å²) in [6.07, 6.45) is 7.84. The van der Waals surface area contributed by atoms with Gasteiger partial charge in [-0.3, -0.25) is 9.59 Å². The summed E-state index contributed by atoms with van der Waals surface area (Å²) in [5, 5.41) is 11.4. The fourth-order valence-electron chi connectivity index (χ4n) is 6.11. The molecule has 0 aromatic heterocycles. The van der Waals surface area contributed by atoms with Gasteiger partial charge in [0, 0.05) is 10.8 Å². The van der Waals surface area contributed by atoms with Gasteiger partial charge >= 0.3 is 0 Å². The predicted octanol–water partition coefficient (Wildman–Crippen LogP) is 3.86. The number of alkyl halides is 2. The summed E-state index contributed by atoms with van der Waals surface area (Å²) >= 11 is 3.21. The summed E-state index contributed by atoms with van der Waals surface area (Å²) in [6, 6.07) is 0. The normalized spacial score (nSPS) is 46.8. The van der Waals surface area contributed by atoms with Crippen molar-refractivity contribution < 1.29 is 19.1 Å². The molecule has 0 aliphatic heterocycles. The standard InChI is InChI=1S/C21H24BrFO3/c1-19-6-3-12(24)9-16(19)17(23)10-13-14(19)4-7-20(2)15(13)5-8-21(20,26)18(25)11-22/h3-4,6,9,13,15,17,26H,5,7-8,10-11H2,1-2H3/t13-,15+,17+,19-,20+,21+/m1/s1. The van der Waals surface area contributed by atoms with E-state index in [2.05, 4.69) is 22.0 Å². The van der Waals surface area contributed by atoms with Gasteiger partial charge in [0.15, 0.2) is 11.6 Å². The molecular formula is C21H24BrFO3. The van der Waals surface area contributed by atoms with E-state index in [4.69, 9.17) is 0 Å². The summed E-state index contributed by atoms with van der Waals surface area (Å²) in [5.41, 5.74) is -0.792. The molecule has 0 spiro atoms. The van der Waals surface area contributed by atoms with E-state index in [0.717, 1.165) is 12.0 Å². The topological polar surface area (TPSA) is 54.4 Å². The van der Waals surface area contributed by atoms with E-state index in [1.807, 2.05) is 19.9 Å². The monoisotopic (exact) mass is 422 g/mol. The summed E-state index contributed by atoms with van der Waals surface area (Å²) < 4.78 is 15.1. The molecule has 2 fully saturated rings. The lowest BCUT2D eigenvalue weighted by Gasteiger charge is -2.54. The van der Waals surface area contributed by atoms with Gasteiger partial charge < -0.3 is 5.11 Å². The number of hydrogen-bond acceptors (Lipinski definition) is 3. The number of fused-ring (bicyclic) bond motifs is 5. The Morgan fingerprint density at radius 2 is 2.12 bits per heavy atom. The fraction of sp³-hybridized carbons (Fsp3) is 0.619. The molecule has 5 heteroatoms. The molecule has 0 radical (unpaired) electrons. The maximum Gasteiger partial charge on any atom is 0.178 e. The van der Waals surface area contributed by atoms with Gasteiger partial charge in [-0.1, -0.05) is 40.6 Å². The van der Waals surface area contributed by atoms with Crippen LogP contribution in [0.3, 0.4) is 0 Å². The maximum atomic E-state index is 15.1. The van der Waals surface area contributed by atoms with Crippen LogP contribution >= 0.6 is 15.9 Å². The van der Waals surface area contributed by atoms with Gasteiger partial charge in [-0.15, -0.1) is 0 Å². The minimum atomic E-state index is -1.36. The van der Waals surface area contributed by atoms with Gasteiger partial charge in [-0.2, -0.15) is 0 Å². The second-order valence-electron chi connectivity index (χ2n) is 8.69. The van der Waals surface area contributed by atoms with Crippen molar-refractivity contribution in [2.45, 2.75) is 51.3 Å². The molecule has 0 bridgehead atoms. The lowest BCUT2D eigenvalue weighted by atomic mass is 9.51. The highest BCUT2D eigenvalue weighted by Crippen LogP contribution is 2.65. The Morgan fingerprint density at radius 3 is 2.81 bits per heavy atom. The maximum absolute atomic E-state index is 15.1. The van der Waals surface area contributed by atoms with E-state index in [1.54, 1.807) is 0 Å². The van der Waals surface area contributed by atoms with Crippen LogP contribution < -0.4 is 0 Å². The van der Waals surface area contributed by atoms with Gasteiger partial charge in [-0.05, 0) is 62.2 Å². The largest absolute Gasteiger partial charge is 0.381 e. The van der Waals surface area contributed by atoms with Crippen LogP contribution in [0, 0.1) is 22.7 Å². The van der Waals surface area contributed by atoms with Gasteiger partial charge in [0.05, 0.1) is 5.33 Å². The Morgan fingerprint density at radius 1 is 1.38 bits per heavy atom. The highest BCUT2D eigenvalue weighted by atomic mass is 79.9. The first-order valence-corrected chi connectivity index (χ1v) is 10.4. The van der Waals surface area contributed by atoms with Crippen molar-refractivity contribution in [1.29, 1.82) is 0 Å². The molecule has 2 saturated carbocycles. The fourth-order valence-corrected chi connectivity index (χ4v) is 6.58. The van der Waals surface area contributed by atoms with E-state index in [1.165, 1.54) is 12.2 Å². The minimum absolute atomic E-state index is 0.0131. The predicted molar refractivity (Wildman–Crippen MR) is 101 cm³/mol. The van der Waals surface area contributed by atoms with Crippen LogP contribution in [0.4, 0.5) is 4.39 Å². The van der Waals surface area contributed by atoms with E-state index in [-0.39, 0.29) is 28.7 Å². The van der Waals surface area contributed by atoms with Crippen LogP contribution in [0.25, 0.3) is 0 Å². The van der Waals surface area contributed by atoms with Crippen molar-refractivity contribution in [2.75, 3.05) is 5.33 Å². The van der Waals surface area contributed by atoms with Crippen molar-refractivity contribution in [2.24, 2.45) is 22.7 Å². The SMILES string of the molecule is C[C@]12C=CC(=O)C=C1[C@@H](F)C[C@@H]1C2=CC[C@@]2(C)[C@H]1CC[C@]2(O)C(=O)CBr. The summed E-state index contributed by atoms with van der Waals surface area (Å²) in [5.74, 6) is -0.279. The zero-order chi connectivity index (χ0) is 18.9. The van der Waals surface area contributed by atoms with Gasteiger partial charge in [0.25, 0.3) is 0 Å². The first kappa shape index (κ1) is 18.3. The summed E-state index contributed by atoms with van der Waals surface area (Å²) in [7, 11) is 0. The Balaban J connectivity index is 1.80. The Bertz CT molecular complexity index is 784. The Kier molecular flexibility index (Phi) is 4.02. The van der Waals surface area contributed by atoms with Gasteiger partial charge in [0.1, 0.15) is 11.8 Å². The van der Waals surface area contributed by atoms with Crippen molar-refractivity contribution in [3.8, 4) is 0 Å². The summed E-state index contributed by atoms with van der Waals surface area (Å²) in [6.45, 7) is 3.97. The molecule has 6 atom stereocenters. The van der Waals surface area contributed by atoms with Crippen molar-refractivity contribution in [3.05, 3.63) is 35.5 Å². The average Bonchev–Trinajstić information content (AvgIpc) is 2.88. The molecule has 140 valence electrons. The Hall–Kier alpha value is -1.07. The molecule has 0 saturated heterocycles. The number of ketones is 2. The molecule has 4 aliphatic rings. The molecule has 1 N–H and O–H groups in total. The molecule has 0 heterocycles. The van der Waals surface area contributed by atoms with Crippen LogP contribution in [-0.2, 0) is 9.59 Å². The first-order chi connectivity index (χ1) is 12.2. The van der Waals surface area contributed by atoms with Crippen molar-refractivity contribution >= 4 is 27.5 Å². The molecule has 26 heavy (non-hydrogen) atoms. The van der Waals surface area contributed by atoms with Crippen molar-refractivity contribution in [1.82, 2.24) is 0 Å². The number of hydrogen-bond donors (Lipinski definition) is 1. The minimum Gasteiger partial charge on any atom is -0.381 e. The molecule has 3 nitrogen and oxygen atoms in total. The second-order valence-corrected chi connectivity index (χ2v) is 9.25. The van der Waals surface area contributed by atoms with Gasteiger partial charge in [0.2, 0.25) is 0 Å². The second kappa shape index (κ2) is 5.71. The molecule has 4 aliphatic carbocycles. The number of carbonyl (C=O) groups is 2. The average molecular weight is 423 g/mol. The Labute approximate surface area is 161 Å². The van der Waals surface area contributed by atoms with E-state index < -0.39 is 22.6 Å². The molecular weight excluding hydrogens is 399 g/mol. The quantitative estimate of drug-likeness (QED) is 0.542. The number of halogens is 2. The highest BCUT2D eigenvalue weighted by Gasteiger charge is 2.64. The molecule has 0 aromatic rings. The van der Waals surface area contributed by atoms with Crippen molar-refractivity contribution in [3.63, 3.8) is 0 Å². The van der Waals surface area contributed by atoms with Crippen LogP contribution in [0.5, 0.6) is 0 Å². The van der Waals surface area contributed by atoms with E-state index in [9.17, 15) is 14.7 Å². The third-order valence-electron chi connectivity index (χ3n) is 7.67. The lowest BCUT2D eigenvalue weighted by Crippen LogP contribution is -2.55. The van der Waals surface area contributed by atoms with Gasteiger partial charge in [-0.25, -0.2) is 4.39 Å². The van der Waals surface area contributed by atoms with Crippen LogP contribution in [0.15, 0.2) is 35.5 Å². The third-order valence-corrected chi connectivity index (χ3v) is 8.18. The van der Waals surface area contributed by atoms with E-state index in [0.29, 0.717) is 24.8 Å². The van der Waals surface area contributed by atoms with Crippen LogP contribution in [0.1, 0.15) is 39.5 Å². The van der Waals surface area contributed by atoms with E-state index >= 15 is 4.39 Å². The first-order valence-electron chi connectivity index (χ1n) is 9.29. The zero-order valence-corrected chi connectivity index (χ0v) is 16.7. The molecule has 0 aromatic carbocycles. The number of aliphatic hydroxyl groups is 1. The number of rotatable bonds is 2. The van der Waals surface area contributed by atoms with Crippen LogP contribution in [-0.4, -0.2) is 33.8 Å². The van der Waals surface area contributed by atoms with Crippen LogP contribution in [0.2, 0.25) is 0 Å². The number of allylic oxidation sites excluding steroid dienone is 6. The molecule has 0 amide bonds. The third kappa shape index (κ3) is 2.13. The zero-order valence-electron chi connectivity index (χ0n) is 15.1. The molecule has 4 rings (SSSR count). The smallest absolute Gasteiger partial charge is 0.178 e.